The van der Waals surface area contributed by atoms with Crippen LogP contribution in [0.1, 0.15) is 105 Å². The molecule has 0 rings (SSSR count). The van der Waals surface area contributed by atoms with E-state index in [2.05, 4.69) is 27.7 Å². The Bertz CT molecular complexity index is 186. The molecule has 0 aromatic heterocycles. The fraction of sp³-hybridized carbons (Fsp3) is 1.00. The van der Waals surface area contributed by atoms with Gasteiger partial charge in [-0.3, -0.25) is 9.48 Å². The van der Waals surface area contributed by atoms with Gasteiger partial charge in [0, 0.05) is 0 Å². The lowest BCUT2D eigenvalue weighted by molar-refractivity contribution is 0.689. The number of hydrogen-bond donors (Lipinski definition) is 0. The maximum atomic E-state index is 2.48. The second-order valence-electron chi connectivity index (χ2n) is 7.22. The lowest BCUT2D eigenvalue weighted by Gasteiger charge is -2.41. The molecule has 0 saturated heterocycles. The normalized spacial score (nSPS) is 13.3. The molecule has 0 fully saturated rings. The summed E-state index contributed by atoms with van der Waals surface area (Å²) in [5.74, 6) is 4.97. The second kappa shape index (κ2) is 16.4. The van der Waals surface area contributed by atoms with Crippen LogP contribution in [0.25, 0.3) is 0 Å². The molecule has 0 aliphatic carbocycles. The van der Waals surface area contributed by atoms with Gasteiger partial charge >= 0.3 is 0 Å². The molecule has 0 aromatic rings. The zero-order valence-electron chi connectivity index (χ0n) is 16.4. The van der Waals surface area contributed by atoms with Crippen molar-refractivity contribution in [2.45, 2.75) is 111 Å². The Balaban J connectivity index is 4.39. The first-order valence-corrected chi connectivity index (χ1v) is 15.5. The number of rotatable bonds is 17. The minimum absolute atomic E-state index is 0.149. The molecule has 0 heterocycles. The van der Waals surface area contributed by atoms with Crippen LogP contribution in [0.5, 0.6) is 0 Å². The molecular formula is C20H46SSi. The fourth-order valence-corrected chi connectivity index (χ4v) is 14.4. The van der Waals surface area contributed by atoms with E-state index in [0.717, 1.165) is 0 Å². The first-order chi connectivity index (χ1) is 10.7. The highest BCUT2D eigenvalue weighted by molar-refractivity contribution is 8.52. The lowest BCUT2D eigenvalue weighted by atomic mass is 10.2. The van der Waals surface area contributed by atoms with E-state index in [1.165, 1.54) is 57.8 Å². The Kier molecular flexibility index (Phi) is 16.8. The van der Waals surface area contributed by atoms with Gasteiger partial charge in [-0.05, 0) is 36.5 Å². The van der Waals surface area contributed by atoms with E-state index in [-0.39, 0.29) is 18.1 Å². The summed E-state index contributed by atoms with van der Waals surface area (Å²) < 4.78 is 0. The van der Waals surface area contributed by atoms with Gasteiger partial charge < -0.3 is 0 Å². The highest BCUT2D eigenvalue weighted by atomic mass is 32.4. The Morgan fingerprint density at radius 1 is 0.500 bits per heavy atom. The second-order valence-corrected chi connectivity index (χ2v) is 17.2. The molecule has 0 atom stereocenters. The van der Waals surface area contributed by atoms with Gasteiger partial charge in [0.25, 0.3) is 0 Å². The van der Waals surface area contributed by atoms with Crippen molar-refractivity contribution in [1.82, 2.24) is 0 Å². The SMILES string of the molecule is CCCCCCS(CCCCCC)(CCCCCC)[SiH2]CC. The van der Waals surface area contributed by atoms with E-state index >= 15 is 0 Å². The van der Waals surface area contributed by atoms with E-state index in [1.807, 2.05) is 0 Å². The van der Waals surface area contributed by atoms with Gasteiger partial charge in [-0.15, -0.1) is 0 Å². The van der Waals surface area contributed by atoms with Gasteiger partial charge in [0.2, 0.25) is 0 Å². The smallest absolute Gasteiger partial charge is 0.0653 e. The van der Waals surface area contributed by atoms with Gasteiger partial charge in [-0.2, -0.15) is 0 Å². The van der Waals surface area contributed by atoms with Crippen molar-refractivity contribution in [3.05, 3.63) is 0 Å². The van der Waals surface area contributed by atoms with E-state index < -0.39 is 0 Å². The van der Waals surface area contributed by atoms with Gasteiger partial charge in [-0.25, -0.2) is 0 Å². The van der Waals surface area contributed by atoms with Crippen LogP contribution >= 0.6 is 9.48 Å². The van der Waals surface area contributed by atoms with Crippen molar-refractivity contribution in [2.75, 3.05) is 17.3 Å². The monoisotopic (exact) mass is 346 g/mol. The summed E-state index contributed by atoms with van der Waals surface area (Å²) in [4.78, 5) is 0. The van der Waals surface area contributed by atoms with Crippen LogP contribution in [-0.4, -0.2) is 25.9 Å². The number of hydrogen-bond acceptors (Lipinski definition) is 0. The van der Waals surface area contributed by atoms with Crippen molar-refractivity contribution in [3.63, 3.8) is 0 Å². The van der Waals surface area contributed by atoms with Crippen LogP contribution in [0.15, 0.2) is 0 Å². The van der Waals surface area contributed by atoms with Crippen LogP contribution in [0.3, 0.4) is 0 Å². The minimum atomic E-state index is -0.149. The van der Waals surface area contributed by atoms with Crippen molar-refractivity contribution in [3.8, 4) is 0 Å². The molecule has 0 unspecified atom stereocenters. The lowest BCUT2D eigenvalue weighted by Crippen LogP contribution is -2.20. The maximum Gasteiger partial charge on any atom is 0.0653 e. The summed E-state index contributed by atoms with van der Waals surface area (Å²) in [5.41, 5.74) is 0. The largest absolute Gasteiger partial charge is 0.259 e. The first-order valence-electron chi connectivity index (χ1n) is 10.5. The minimum Gasteiger partial charge on any atom is -0.259 e. The molecule has 0 radical (unpaired) electrons. The summed E-state index contributed by atoms with van der Waals surface area (Å²) in [7, 11) is 0.0604. The molecule has 0 amide bonds. The van der Waals surface area contributed by atoms with E-state index in [4.69, 9.17) is 0 Å². The topological polar surface area (TPSA) is 0 Å². The zero-order chi connectivity index (χ0) is 16.5. The molecular weight excluding hydrogens is 300 g/mol. The number of unbranched alkanes of at least 4 members (excludes halogenated alkanes) is 9. The third-order valence-electron chi connectivity index (χ3n) is 4.93. The Labute approximate surface area is 146 Å². The third-order valence-corrected chi connectivity index (χ3v) is 16.1. The van der Waals surface area contributed by atoms with Crippen molar-refractivity contribution >= 4 is 18.1 Å². The molecule has 0 aromatic carbocycles. The van der Waals surface area contributed by atoms with Gasteiger partial charge in [0.15, 0.2) is 0 Å². The van der Waals surface area contributed by atoms with Gasteiger partial charge in [0.1, 0.15) is 0 Å². The quantitative estimate of drug-likeness (QED) is 0.195. The molecule has 136 valence electrons. The standard InChI is InChI=1S/C20H46SSi/c1-5-9-12-15-18-21(22-8-4,19-16-13-10-6-2)20-17-14-11-7-3/h5-20,22H2,1-4H3. The van der Waals surface area contributed by atoms with Crippen molar-refractivity contribution in [2.24, 2.45) is 0 Å². The van der Waals surface area contributed by atoms with Crippen LogP contribution in [-0.2, 0) is 0 Å². The summed E-state index contributed by atoms with van der Waals surface area (Å²) in [6, 6.07) is 1.56. The fourth-order valence-electron chi connectivity index (χ4n) is 3.55. The predicted octanol–water partition coefficient (Wildman–Crippen LogP) is 7.05. The molecule has 0 N–H and O–H groups in total. The molecule has 0 bridgehead atoms. The highest BCUT2D eigenvalue weighted by Crippen LogP contribution is 2.49. The first kappa shape index (κ1) is 22.6. The summed E-state index contributed by atoms with van der Waals surface area (Å²) >= 11 is 0. The third kappa shape index (κ3) is 12.0. The average Bonchev–Trinajstić information content (AvgIpc) is 2.53. The average molecular weight is 347 g/mol. The van der Waals surface area contributed by atoms with Gasteiger partial charge in [-0.1, -0.05) is 91.5 Å². The predicted molar refractivity (Wildman–Crippen MR) is 114 cm³/mol. The Morgan fingerprint density at radius 3 is 1.14 bits per heavy atom. The Hall–Kier alpha value is 0.567. The van der Waals surface area contributed by atoms with Crippen LogP contribution in [0.4, 0.5) is 0 Å². The summed E-state index contributed by atoms with van der Waals surface area (Å²) in [6.07, 6.45) is 17.8. The summed E-state index contributed by atoms with van der Waals surface area (Å²) in [5, 5.41) is 0. The van der Waals surface area contributed by atoms with E-state index in [0.29, 0.717) is 0 Å². The van der Waals surface area contributed by atoms with E-state index in [9.17, 15) is 0 Å². The van der Waals surface area contributed by atoms with Crippen molar-refractivity contribution in [1.29, 1.82) is 0 Å². The van der Waals surface area contributed by atoms with Crippen LogP contribution in [0.2, 0.25) is 6.04 Å². The van der Waals surface area contributed by atoms with E-state index in [1.54, 1.807) is 42.6 Å². The Morgan fingerprint density at radius 2 is 0.864 bits per heavy atom. The molecule has 0 nitrogen and oxygen atoms in total. The highest BCUT2D eigenvalue weighted by Gasteiger charge is 2.22. The molecule has 2 heteroatoms. The zero-order valence-corrected chi connectivity index (χ0v) is 18.7. The molecule has 22 heavy (non-hydrogen) atoms. The van der Waals surface area contributed by atoms with Gasteiger partial charge in [0.05, 0.1) is 8.67 Å². The maximum absolute atomic E-state index is 2.48. The van der Waals surface area contributed by atoms with Crippen LogP contribution < -0.4 is 0 Å². The summed E-state index contributed by atoms with van der Waals surface area (Å²) in [6.45, 7) is 9.52. The van der Waals surface area contributed by atoms with Crippen molar-refractivity contribution < 1.29 is 0 Å². The molecule has 0 aliphatic rings. The molecule has 0 aliphatic heterocycles. The van der Waals surface area contributed by atoms with Crippen LogP contribution in [0, 0.1) is 0 Å². The molecule has 0 spiro atoms. The molecule has 0 saturated carbocycles.